The van der Waals surface area contributed by atoms with Crippen LogP contribution in [0.5, 0.6) is 0 Å². The van der Waals surface area contributed by atoms with Crippen molar-refractivity contribution < 1.29 is 4.79 Å². The summed E-state index contributed by atoms with van der Waals surface area (Å²) in [7, 11) is 2.10. The van der Waals surface area contributed by atoms with E-state index in [0.717, 1.165) is 26.2 Å². The number of nitrogens with zero attached hydrogens (tertiary/aromatic N) is 2. The first-order valence-electron chi connectivity index (χ1n) is 5.39. The van der Waals surface area contributed by atoms with Crippen LogP contribution in [0.15, 0.2) is 0 Å². The highest BCUT2D eigenvalue weighted by atomic mass is 16.1. The zero-order valence-electron chi connectivity index (χ0n) is 10.1. The van der Waals surface area contributed by atoms with Crippen molar-refractivity contribution in [1.29, 1.82) is 0 Å². The Balaban J connectivity index is 2.48. The summed E-state index contributed by atoms with van der Waals surface area (Å²) in [4.78, 5) is 15.9. The van der Waals surface area contributed by atoms with Crippen LogP contribution in [0.4, 0.5) is 0 Å². The first kappa shape index (κ1) is 12.1. The molecular formula is C12H20N2O. The molecule has 1 fully saturated rings. The second-order valence-corrected chi connectivity index (χ2v) is 5.11. The molecule has 1 rings (SSSR count). The summed E-state index contributed by atoms with van der Waals surface area (Å²) in [5.41, 5.74) is -0.348. The molecule has 0 atom stereocenters. The molecule has 0 N–H and O–H groups in total. The van der Waals surface area contributed by atoms with Gasteiger partial charge in [0.15, 0.2) is 0 Å². The molecule has 0 aromatic heterocycles. The lowest BCUT2D eigenvalue weighted by Crippen LogP contribution is -2.42. The van der Waals surface area contributed by atoms with Crippen molar-refractivity contribution in [1.82, 2.24) is 9.80 Å². The van der Waals surface area contributed by atoms with Crippen molar-refractivity contribution in [3.05, 3.63) is 0 Å². The highest BCUT2D eigenvalue weighted by Gasteiger charge is 2.19. The summed E-state index contributed by atoms with van der Waals surface area (Å²) in [6.45, 7) is 9.61. The van der Waals surface area contributed by atoms with Crippen molar-refractivity contribution in [2.75, 3.05) is 33.2 Å². The van der Waals surface area contributed by atoms with E-state index in [4.69, 9.17) is 0 Å². The van der Waals surface area contributed by atoms with Crippen LogP contribution in [0.3, 0.4) is 0 Å². The lowest BCUT2D eigenvalue weighted by Gasteiger charge is -2.29. The fourth-order valence-corrected chi connectivity index (χ4v) is 1.24. The quantitative estimate of drug-likeness (QED) is 0.550. The lowest BCUT2D eigenvalue weighted by atomic mass is 9.91. The maximum absolute atomic E-state index is 11.6. The smallest absolute Gasteiger partial charge is 0.212 e. The Morgan fingerprint density at radius 2 is 1.67 bits per heavy atom. The third-order valence-electron chi connectivity index (χ3n) is 2.51. The van der Waals surface area contributed by atoms with Crippen LogP contribution in [-0.4, -0.2) is 48.8 Å². The SMILES string of the molecule is CN1CCN(C#CC(=O)C(C)(C)C)CC1. The van der Waals surface area contributed by atoms with Crippen molar-refractivity contribution in [3.8, 4) is 12.0 Å². The largest absolute Gasteiger partial charge is 0.330 e. The van der Waals surface area contributed by atoms with Crippen LogP contribution in [0.25, 0.3) is 0 Å². The molecule has 0 amide bonds. The molecule has 0 unspecified atom stereocenters. The Morgan fingerprint density at radius 1 is 1.13 bits per heavy atom. The van der Waals surface area contributed by atoms with Gasteiger partial charge in [0.25, 0.3) is 0 Å². The highest BCUT2D eigenvalue weighted by molar-refractivity contribution is 5.99. The summed E-state index contributed by atoms with van der Waals surface area (Å²) < 4.78 is 0. The molecule has 1 aliphatic rings. The summed E-state index contributed by atoms with van der Waals surface area (Å²) in [5.74, 6) is 2.74. The topological polar surface area (TPSA) is 23.6 Å². The maximum atomic E-state index is 11.6. The van der Waals surface area contributed by atoms with Crippen molar-refractivity contribution in [3.63, 3.8) is 0 Å². The fraction of sp³-hybridized carbons (Fsp3) is 0.750. The highest BCUT2D eigenvalue weighted by Crippen LogP contribution is 2.13. The van der Waals surface area contributed by atoms with Gasteiger partial charge in [-0.15, -0.1) is 0 Å². The molecular weight excluding hydrogens is 188 g/mol. The van der Waals surface area contributed by atoms with Crippen LogP contribution in [0.2, 0.25) is 0 Å². The van der Waals surface area contributed by atoms with Gasteiger partial charge in [0, 0.05) is 37.6 Å². The second kappa shape index (κ2) is 4.67. The third kappa shape index (κ3) is 3.93. The van der Waals surface area contributed by atoms with Gasteiger partial charge in [-0.05, 0) is 13.0 Å². The average Bonchev–Trinajstić information content (AvgIpc) is 2.15. The Bertz CT molecular complexity index is 285. The van der Waals surface area contributed by atoms with E-state index in [1.807, 2.05) is 25.7 Å². The average molecular weight is 208 g/mol. The molecule has 3 nitrogen and oxygen atoms in total. The predicted molar refractivity (Wildman–Crippen MR) is 61.3 cm³/mol. The van der Waals surface area contributed by atoms with Gasteiger partial charge < -0.3 is 9.80 Å². The molecule has 0 bridgehead atoms. The van der Waals surface area contributed by atoms with Gasteiger partial charge in [-0.1, -0.05) is 20.8 Å². The zero-order valence-corrected chi connectivity index (χ0v) is 10.1. The van der Waals surface area contributed by atoms with E-state index < -0.39 is 0 Å². The molecule has 84 valence electrons. The fourth-order valence-electron chi connectivity index (χ4n) is 1.24. The molecule has 1 saturated heterocycles. The Kier molecular flexibility index (Phi) is 3.76. The number of hydrogen-bond donors (Lipinski definition) is 0. The van der Waals surface area contributed by atoms with E-state index in [0.29, 0.717) is 0 Å². The minimum atomic E-state index is -0.348. The number of rotatable bonds is 0. The van der Waals surface area contributed by atoms with Gasteiger partial charge in [0.2, 0.25) is 5.78 Å². The molecule has 0 radical (unpaired) electrons. The molecule has 15 heavy (non-hydrogen) atoms. The molecule has 1 heterocycles. The van der Waals surface area contributed by atoms with Crippen LogP contribution in [0.1, 0.15) is 20.8 Å². The first-order chi connectivity index (χ1) is 6.89. The van der Waals surface area contributed by atoms with Crippen LogP contribution in [0, 0.1) is 17.4 Å². The van der Waals surface area contributed by atoms with E-state index in [1.54, 1.807) is 0 Å². The first-order valence-corrected chi connectivity index (χ1v) is 5.39. The summed E-state index contributed by atoms with van der Waals surface area (Å²) in [6.07, 6.45) is 0. The normalized spacial score (nSPS) is 18.3. The number of hydrogen-bond acceptors (Lipinski definition) is 3. The summed E-state index contributed by atoms with van der Waals surface area (Å²) in [6, 6.07) is 2.96. The van der Waals surface area contributed by atoms with Gasteiger partial charge in [0.1, 0.15) is 0 Å². The number of piperazine rings is 1. The maximum Gasteiger partial charge on any atom is 0.212 e. The molecule has 0 aliphatic carbocycles. The van der Waals surface area contributed by atoms with E-state index >= 15 is 0 Å². The van der Waals surface area contributed by atoms with E-state index in [9.17, 15) is 4.79 Å². The van der Waals surface area contributed by atoms with E-state index in [-0.39, 0.29) is 11.2 Å². The van der Waals surface area contributed by atoms with Gasteiger partial charge >= 0.3 is 0 Å². The lowest BCUT2D eigenvalue weighted by molar-refractivity contribution is -0.120. The Labute approximate surface area is 92.4 Å². The Morgan fingerprint density at radius 3 is 2.13 bits per heavy atom. The molecule has 1 aliphatic heterocycles. The molecule has 0 aromatic rings. The number of ketones is 1. The number of carbonyl (C=O) groups is 1. The number of carbonyl (C=O) groups excluding carboxylic acids is 1. The standard InChI is InChI=1S/C12H20N2O/c1-12(2,3)11(15)5-6-14-9-7-13(4)8-10-14/h7-10H2,1-4H3. The second-order valence-electron chi connectivity index (χ2n) is 5.11. The monoisotopic (exact) mass is 208 g/mol. The zero-order chi connectivity index (χ0) is 11.5. The summed E-state index contributed by atoms with van der Waals surface area (Å²) in [5, 5.41) is 0. The minimum absolute atomic E-state index is 0.0152. The van der Waals surface area contributed by atoms with Crippen LogP contribution < -0.4 is 0 Å². The summed E-state index contributed by atoms with van der Waals surface area (Å²) >= 11 is 0. The van der Waals surface area contributed by atoms with Gasteiger partial charge in [0.05, 0.1) is 0 Å². The van der Waals surface area contributed by atoms with Gasteiger partial charge in [-0.3, -0.25) is 4.79 Å². The Hall–Kier alpha value is -1.01. The van der Waals surface area contributed by atoms with Crippen molar-refractivity contribution >= 4 is 5.78 Å². The van der Waals surface area contributed by atoms with E-state index in [2.05, 4.69) is 23.9 Å². The molecule has 0 spiro atoms. The van der Waals surface area contributed by atoms with Gasteiger partial charge in [-0.2, -0.15) is 0 Å². The minimum Gasteiger partial charge on any atom is -0.330 e. The van der Waals surface area contributed by atoms with Gasteiger partial charge in [-0.25, -0.2) is 0 Å². The van der Waals surface area contributed by atoms with Crippen molar-refractivity contribution in [2.24, 2.45) is 5.41 Å². The van der Waals surface area contributed by atoms with Crippen molar-refractivity contribution in [2.45, 2.75) is 20.8 Å². The third-order valence-corrected chi connectivity index (χ3v) is 2.51. The predicted octanol–water partition coefficient (Wildman–Crippen LogP) is 0.810. The number of likely N-dealkylation sites (N-methyl/N-ethyl adjacent to an activating group) is 1. The van der Waals surface area contributed by atoms with Crippen LogP contribution in [-0.2, 0) is 4.79 Å². The molecule has 3 heteroatoms. The van der Waals surface area contributed by atoms with Crippen LogP contribution >= 0.6 is 0 Å². The molecule has 0 saturated carbocycles. The number of Topliss-reactive ketones (excluding diaryl/α,β-unsaturated/α-hetero) is 1. The van der Waals surface area contributed by atoms with E-state index in [1.165, 1.54) is 0 Å². The molecule has 0 aromatic carbocycles.